The number of aromatic hydroxyl groups is 1. The van der Waals surface area contributed by atoms with Crippen molar-refractivity contribution in [2.24, 2.45) is 0 Å². The van der Waals surface area contributed by atoms with Crippen LogP contribution in [0.3, 0.4) is 0 Å². The number of para-hydroxylation sites is 2. The first kappa shape index (κ1) is 17.0. The van der Waals surface area contributed by atoms with E-state index in [1.807, 2.05) is 6.07 Å². The first-order valence-corrected chi connectivity index (χ1v) is 6.36. The Balaban J connectivity index is 0.000000346. The Morgan fingerprint density at radius 1 is 1.00 bits per heavy atom. The summed E-state index contributed by atoms with van der Waals surface area (Å²) in [5.41, 5.74) is 0.335. The van der Waals surface area contributed by atoms with Gasteiger partial charge in [0, 0.05) is 5.57 Å². The van der Waals surface area contributed by atoms with E-state index < -0.39 is 11.9 Å². The lowest BCUT2D eigenvalue weighted by molar-refractivity contribution is -0.132. The molecule has 0 heterocycles. The Hall–Kier alpha value is -3.08. The summed E-state index contributed by atoms with van der Waals surface area (Å²) in [6.45, 7) is 4.60. The summed E-state index contributed by atoms with van der Waals surface area (Å²) in [4.78, 5) is 21.3. The third-order valence-electron chi connectivity index (χ3n) is 2.44. The molecule has 5 nitrogen and oxygen atoms in total. The number of hydrogen-bond donors (Lipinski definition) is 2. The van der Waals surface area contributed by atoms with Crippen LogP contribution in [-0.4, -0.2) is 22.2 Å². The van der Waals surface area contributed by atoms with Crippen LogP contribution >= 0.6 is 0 Å². The van der Waals surface area contributed by atoms with Gasteiger partial charge in [0.1, 0.15) is 17.1 Å². The minimum Gasteiger partial charge on any atom is -0.507 e. The highest BCUT2D eigenvalue weighted by atomic mass is 16.5. The minimum atomic E-state index is -0.935. The molecule has 114 valence electrons. The van der Waals surface area contributed by atoms with Crippen LogP contribution in [0.2, 0.25) is 0 Å². The average molecular weight is 300 g/mol. The lowest BCUT2D eigenvalue weighted by atomic mass is 10.2. The largest absolute Gasteiger partial charge is 0.507 e. The highest BCUT2D eigenvalue weighted by Crippen LogP contribution is 2.18. The van der Waals surface area contributed by atoms with Crippen molar-refractivity contribution in [3.05, 3.63) is 72.3 Å². The van der Waals surface area contributed by atoms with Crippen LogP contribution in [0.15, 0.2) is 66.7 Å². The molecule has 0 atom stereocenters. The molecule has 0 radical (unpaired) electrons. The second-order valence-corrected chi connectivity index (χ2v) is 4.31. The zero-order chi connectivity index (χ0) is 16.5. The van der Waals surface area contributed by atoms with E-state index in [0.717, 1.165) is 0 Å². The van der Waals surface area contributed by atoms with Gasteiger partial charge in [-0.3, -0.25) is 0 Å². The van der Waals surface area contributed by atoms with E-state index in [2.05, 4.69) is 6.58 Å². The Bertz CT molecular complexity index is 650. The molecular formula is C17H16O5. The molecule has 0 fully saturated rings. The molecule has 2 rings (SSSR count). The number of aliphatic carboxylic acids is 1. The molecule has 0 bridgehead atoms. The summed E-state index contributed by atoms with van der Waals surface area (Å²) in [6, 6.07) is 15.0. The second-order valence-electron chi connectivity index (χ2n) is 4.31. The smallest absolute Gasteiger partial charge is 0.347 e. The van der Waals surface area contributed by atoms with Crippen molar-refractivity contribution in [1.82, 2.24) is 0 Å². The van der Waals surface area contributed by atoms with Crippen LogP contribution in [0.4, 0.5) is 0 Å². The topological polar surface area (TPSA) is 83.8 Å². The molecule has 0 aliphatic heterocycles. The summed E-state index contributed by atoms with van der Waals surface area (Å²) in [7, 11) is 0. The van der Waals surface area contributed by atoms with E-state index in [1.54, 1.807) is 36.4 Å². The molecule has 0 aliphatic carbocycles. The van der Waals surface area contributed by atoms with Gasteiger partial charge in [0.25, 0.3) is 0 Å². The third-order valence-corrected chi connectivity index (χ3v) is 2.44. The fourth-order valence-electron chi connectivity index (χ4n) is 1.30. The van der Waals surface area contributed by atoms with Crippen LogP contribution in [0.25, 0.3) is 0 Å². The Labute approximate surface area is 128 Å². The van der Waals surface area contributed by atoms with Crippen LogP contribution in [0, 0.1) is 0 Å². The van der Waals surface area contributed by atoms with Crippen LogP contribution in [0.5, 0.6) is 11.5 Å². The number of carboxylic acid groups (broad SMARTS) is 1. The average Bonchev–Trinajstić information content (AvgIpc) is 2.49. The highest BCUT2D eigenvalue weighted by molar-refractivity contribution is 5.93. The summed E-state index contributed by atoms with van der Waals surface area (Å²) in [5.74, 6) is -1.13. The van der Waals surface area contributed by atoms with Crippen molar-refractivity contribution in [2.45, 2.75) is 6.92 Å². The monoisotopic (exact) mass is 300 g/mol. The number of phenolic OH excluding ortho intramolecular Hbond substituents is 1. The second kappa shape index (κ2) is 8.26. The van der Waals surface area contributed by atoms with Gasteiger partial charge < -0.3 is 14.9 Å². The SMILES string of the molecule is C=C(C)C(=O)O.O=C(Oc1ccccc1)c1ccccc1O. The van der Waals surface area contributed by atoms with Crippen molar-refractivity contribution in [1.29, 1.82) is 0 Å². The number of ether oxygens (including phenoxy) is 1. The van der Waals surface area contributed by atoms with Crippen LogP contribution in [0.1, 0.15) is 17.3 Å². The zero-order valence-corrected chi connectivity index (χ0v) is 12.0. The number of esters is 1. The molecule has 0 saturated heterocycles. The number of carbonyl (C=O) groups excluding carboxylic acids is 1. The maximum atomic E-state index is 11.7. The van der Waals surface area contributed by atoms with E-state index in [9.17, 15) is 14.7 Å². The molecular weight excluding hydrogens is 284 g/mol. The molecule has 2 N–H and O–H groups in total. The number of carboxylic acids is 1. The van der Waals surface area contributed by atoms with Gasteiger partial charge in [0.05, 0.1) is 0 Å². The van der Waals surface area contributed by atoms with E-state index in [0.29, 0.717) is 5.75 Å². The number of carbonyl (C=O) groups is 2. The molecule has 2 aromatic rings. The van der Waals surface area contributed by atoms with E-state index in [-0.39, 0.29) is 16.9 Å². The molecule has 0 aromatic heterocycles. The Kier molecular flexibility index (Phi) is 6.37. The van der Waals surface area contributed by atoms with Crippen molar-refractivity contribution >= 4 is 11.9 Å². The van der Waals surface area contributed by atoms with E-state index in [1.165, 1.54) is 19.1 Å². The highest BCUT2D eigenvalue weighted by Gasteiger charge is 2.12. The molecule has 0 amide bonds. The third kappa shape index (κ3) is 5.50. The number of phenols is 1. The summed E-state index contributed by atoms with van der Waals surface area (Å²) in [5, 5.41) is 17.3. The van der Waals surface area contributed by atoms with E-state index >= 15 is 0 Å². The Morgan fingerprint density at radius 3 is 2.00 bits per heavy atom. The number of rotatable bonds is 3. The molecule has 22 heavy (non-hydrogen) atoms. The standard InChI is InChI=1S/C13H10O3.C4H6O2/c14-12-9-5-4-8-11(12)13(15)16-10-6-2-1-3-7-10;1-3(2)4(5)6/h1-9,14H;1H2,2H3,(H,5,6). The summed E-state index contributed by atoms with van der Waals surface area (Å²) < 4.78 is 5.08. The minimum absolute atomic E-state index is 0.0802. The number of benzene rings is 2. The summed E-state index contributed by atoms with van der Waals surface area (Å²) >= 11 is 0. The van der Waals surface area contributed by atoms with Gasteiger partial charge in [0.2, 0.25) is 0 Å². The predicted molar refractivity (Wildman–Crippen MR) is 82.0 cm³/mol. The predicted octanol–water partition coefficient (Wildman–Crippen LogP) is 3.26. The lowest BCUT2D eigenvalue weighted by Gasteiger charge is -2.04. The van der Waals surface area contributed by atoms with Gasteiger partial charge in [-0.1, -0.05) is 36.9 Å². The lowest BCUT2D eigenvalue weighted by Crippen LogP contribution is -2.08. The normalized spacial score (nSPS) is 9.14. The first-order chi connectivity index (χ1) is 10.4. The van der Waals surface area contributed by atoms with Crippen molar-refractivity contribution in [3.8, 4) is 11.5 Å². The maximum absolute atomic E-state index is 11.7. The molecule has 2 aromatic carbocycles. The Morgan fingerprint density at radius 2 is 1.50 bits per heavy atom. The van der Waals surface area contributed by atoms with E-state index in [4.69, 9.17) is 9.84 Å². The number of hydrogen-bond acceptors (Lipinski definition) is 4. The van der Waals surface area contributed by atoms with Gasteiger partial charge >= 0.3 is 11.9 Å². The maximum Gasteiger partial charge on any atom is 0.347 e. The quantitative estimate of drug-likeness (QED) is 0.516. The van der Waals surface area contributed by atoms with Crippen molar-refractivity contribution in [3.63, 3.8) is 0 Å². The molecule has 0 saturated carbocycles. The fourth-order valence-corrected chi connectivity index (χ4v) is 1.30. The zero-order valence-electron chi connectivity index (χ0n) is 12.0. The van der Waals surface area contributed by atoms with Gasteiger partial charge in [-0.2, -0.15) is 0 Å². The van der Waals surface area contributed by atoms with Crippen LogP contribution < -0.4 is 4.74 Å². The van der Waals surface area contributed by atoms with Gasteiger partial charge in [-0.25, -0.2) is 9.59 Å². The molecule has 5 heteroatoms. The first-order valence-electron chi connectivity index (χ1n) is 6.36. The van der Waals surface area contributed by atoms with Crippen molar-refractivity contribution in [2.75, 3.05) is 0 Å². The molecule has 0 unspecified atom stereocenters. The fraction of sp³-hybridized carbons (Fsp3) is 0.0588. The van der Waals surface area contributed by atoms with Crippen molar-refractivity contribution < 1.29 is 24.5 Å². The molecule has 0 spiro atoms. The molecule has 0 aliphatic rings. The summed E-state index contributed by atoms with van der Waals surface area (Å²) in [6.07, 6.45) is 0. The van der Waals surface area contributed by atoms with Crippen LogP contribution in [-0.2, 0) is 4.79 Å². The van der Waals surface area contributed by atoms with Gasteiger partial charge in [-0.05, 0) is 31.2 Å². The van der Waals surface area contributed by atoms with Gasteiger partial charge in [0.15, 0.2) is 0 Å². The van der Waals surface area contributed by atoms with Gasteiger partial charge in [-0.15, -0.1) is 0 Å².